The van der Waals surface area contributed by atoms with Gasteiger partial charge in [-0.05, 0) is 39.8 Å². The maximum atomic E-state index is 11.3. The molecule has 5 heteroatoms. The molecule has 0 spiro atoms. The Morgan fingerprint density at radius 2 is 2.00 bits per heavy atom. The molecule has 0 aliphatic carbocycles. The summed E-state index contributed by atoms with van der Waals surface area (Å²) in [5.41, 5.74) is 0.926. The molecule has 102 valence electrons. The fraction of sp³-hybridized carbons (Fsp3) is 0.429. The van der Waals surface area contributed by atoms with Crippen LogP contribution in [-0.2, 0) is 4.79 Å². The van der Waals surface area contributed by atoms with E-state index in [1.807, 2.05) is 18.2 Å². The lowest BCUT2D eigenvalue weighted by atomic mass is 10.2. The lowest BCUT2D eigenvalue weighted by Gasteiger charge is -2.33. The number of thioether (sulfide) groups is 2. The number of carboxylic acids is 1. The summed E-state index contributed by atoms with van der Waals surface area (Å²) in [6.07, 6.45) is 0. The summed E-state index contributed by atoms with van der Waals surface area (Å²) in [5.74, 6) is -0.820. The first-order chi connectivity index (χ1) is 8.72. The van der Waals surface area contributed by atoms with Crippen LogP contribution in [0.15, 0.2) is 34.2 Å². The lowest BCUT2D eigenvalue weighted by molar-refractivity contribution is -0.138. The second-order valence-corrected chi connectivity index (χ2v) is 8.69. The molecule has 1 aliphatic rings. The van der Waals surface area contributed by atoms with Crippen LogP contribution < -0.4 is 0 Å². The van der Waals surface area contributed by atoms with E-state index in [1.54, 1.807) is 25.6 Å². The molecule has 3 nitrogen and oxygen atoms in total. The Hall–Kier alpha value is -0.940. The predicted octanol–water partition coefficient (Wildman–Crippen LogP) is 4.20. The Morgan fingerprint density at radius 1 is 1.37 bits per heavy atom. The van der Waals surface area contributed by atoms with Crippen LogP contribution >= 0.6 is 23.5 Å². The SMILES string of the molecule is CC(C)(SC1=Nc2ccccc2SC1(C)C)C(=O)O. The maximum absolute atomic E-state index is 11.3. The van der Waals surface area contributed by atoms with Gasteiger partial charge < -0.3 is 5.11 Å². The third-order valence-electron chi connectivity index (χ3n) is 2.83. The van der Waals surface area contributed by atoms with E-state index in [2.05, 4.69) is 24.9 Å². The highest BCUT2D eigenvalue weighted by Gasteiger charge is 2.38. The minimum Gasteiger partial charge on any atom is -0.480 e. The second kappa shape index (κ2) is 4.87. The van der Waals surface area contributed by atoms with Gasteiger partial charge in [-0.1, -0.05) is 23.9 Å². The Bertz CT molecular complexity index is 550. The zero-order valence-electron chi connectivity index (χ0n) is 11.4. The van der Waals surface area contributed by atoms with Crippen molar-refractivity contribution in [1.29, 1.82) is 0 Å². The molecule has 1 N–H and O–H groups in total. The molecule has 19 heavy (non-hydrogen) atoms. The zero-order chi connectivity index (χ0) is 14.3. The van der Waals surface area contributed by atoms with Gasteiger partial charge in [-0.15, -0.1) is 11.8 Å². The summed E-state index contributed by atoms with van der Waals surface area (Å²) in [5, 5.41) is 10.1. The molecule has 1 aromatic rings. The van der Waals surface area contributed by atoms with Crippen LogP contribution in [0.5, 0.6) is 0 Å². The second-order valence-electron chi connectivity index (χ2n) is 5.41. The molecule has 0 unspecified atom stereocenters. The minimum atomic E-state index is -0.872. The summed E-state index contributed by atoms with van der Waals surface area (Å²) in [6.45, 7) is 7.59. The molecule has 0 radical (unpaired) electrons. The van der Waals surface area contributed by atoms with Crippen molar-refractivity contribution in [1.82, 2.24) is 0 Å². The fourth-order valence-electron chi connectivity index (χ4n) is 1.63. The van der Waals surface area contributed by atoms with Gasteiger partial charge in [0, 0.05) is 4.90 Å². The van der Waals surface area contributed by atoms with Crippen molar-refractivity contribution in [2.45, 2.75) is 42.1 Å². The van der Waals surface area contributed by atoms with Gasteiger partial charge in [0.25, 0.3) is 0 Å². The Labute approximate surface area is 121 Å². The third-order valence-corrected chi connectivity index (χ3v) is 5.71. The highest BCUT2D eigenvalue weighted by Crippen LogP contribution is 2.48. The number of fused-ring (bicyclic) bond motifs is 1. The summed E-state index contributed by atoms with van der Waals surface area (Å²) in [4.78, 5) is 17.1. The van der Waals surface area contributed by atoms with Gasteiger partial charge in [-0.2, -0.15) is 0 Å². The molecule has 0 aromatic heterocycles. The quantitative estimate of drug-likeness (QED) is 0.888. The smallest absolute Gasteiger partial charge is 0.319 e. The largest absolute Gasteiger partial charge is 0.480 e. The van der Waals surface area contributed by atoms with Crippen LogP contribution in [0.4, 0.5) is 5.69 Å². The van der Waals surface area contributed by atoms with E-state index >= 15 is 0 Å². The van der Waals surface area contributed by atoms with Crippen LogP contribution in [0.3, 0.4) is 0 Å². The molecular formula is C14H17NO2S2. The van der Waals surface area contributed by atoms with E-state index in [-0.39, 0.29) is 4.75 Å². The third kappa shape index (κ3) is 2.98. The maximum Gasteiger partial charge on any atom is 0.319 e. The molecule has 1 heterocycles. The van der Waals surface area contributed by atoms with Gasteiger partial charge in [0.2, 0.25) is 0 Å². The van der Waals surface area contributed by atoms with Gasteiger partial charge in [0.05, 0.1) is 15.5 Å². The number of carbonyl (C=O) groups is 1. The standard InChI is InChI=1S/C14H17NO2S2/c1-13(2)11(19-14(3,4)12(16)17)15-9-7-5-6-8-10(9)18-13/h5-8H,1-4H3,(H,16,17). The van der Waals surface area contributed by atoms with Crippen LogP contribution in [0, 0.1) is 0 Å². The number of carboxylic acid groups (broad SMARTS) is 1. The van der Waals surface area contributed by atoms with E-state index < -0.39 is 10.7 Å². The van der Waals surface area contributed by atoms with E-state index in [1.165, 1.54) is 11.8 Å². The van der Waals surface area contributed by atoms with Gasteiger partial charge in [-0.25, -0.2) is 4.99 Å². The Balaban J connectivity index is 2.39. The molecule has 2 rings (SSSR count). The highest BCUT2D eigenvalue weighted by molar-refractivity contribution is 8.18. The van der Waals surface area contributed by atoms with E-state index in [4.69, 9.17) is 0 Å². The van der Waals surface area contributed by atoms with Crippen molar-refractivity contribution >= 4 is 40.2 Å². The summed E-state index contributed by atoms with van der Waals surface area (Å²) in [7, 11) is 0. The van der Waals surface area contributed by atoms with Crippen molar-refractivity contribution in [3.63, 3.8) is 0 Å². The van der Waals surface area contributed by atoms with Gasteiger partial charge in [0.15, 0.2) is 0 Å². The van der Waals surface area contributed by atoms with Crippen LogP contribution in [-0.4, -0.2) is 25.6 Å². The molecule has 1 aliphatic heterocycles. The summed E-state index contributed by atoms with van der Waals surface area (Å²) < 4.78 is -1.07. The molecule has 1 aromatic carbocycles. The first-order valence-corrected chi connectivity index (χ1v) is 7.65. The molecule has 0 fully saturated rings. The van der Waals surface area contributed by atoms with Crippen molar-refractivity contribution in [3.05, 3.63) is 24.3 Å². The average Bonchev–Trinajstić information content (AvgIpc) is 2.29. The van der Waals surface area contributed by atoms with Gasteiger partial charge >= 0.3 is 5.97 Å². The Morgan fingerprint density at radius 3 is 2.63 bits per heavy atom. The number of rotatable bonds is 2. The molecule has 0 amide bonds. The van der Waals surface area contributed by atoms with E-state index in [0.717, 1.165) is 15.6 Å². The van der Waals surface area contributed by atoms with Crippen LogP contribution in [0.2, 0.25) is 0 Å². The number of nitrogens with zero attached hydrogens (tertiary/aromatic N) is 1. The zero-order valence-corrected chi connectivity index (χ0v) is 13.1. The van der Waals surface area contributed by atoms with Crippen LogP contribution in [0.25, 0.3) is 0 Å². The normalized spacial score (nSPS) is 17.6. The molecule has 0 saturated carbocycles. The van der Waals surface area contributed by atoms with E-state index in [0.29, 0.717) is 0 Å². The number of benzene rings is 1. The van der Waals surface area contributed by atoms with Gasteiger partial charge in [-0.3, -0.25) is 4.79 Å². The first kappa shape index (κ1) is 14.5. The molecule has 0 bridgehead atoms. The van der Waals surface area contributed by atoms with Crippen molar-refractivity contribution in [3.8, 4) is 0 Å². The number of aliphatic carboxylic acids is 1. The molecular weight excluding hydrogens is 278 g/mol. The predicted molar refractivity (Wildman–Crippen MR) is 82.8 cm³/mol. The number of aliphatic imine (C=N–C) groups is 1. The van der Waals surface area contributed by atoms with Crippen LogP contribution in [0.1, 0.15) is 27.7 Å². The number of hydrogen-bond acceptors (Lipinski definition) is 4. The average molecular weight is 295 g/mol. The van der Waals surface area contributed by atoms with Crippen molar-refractivity contribution < 1.29 is 9.90 Å². The lowest BCUT2D eigenvalue weighted by Crippen LogP contribution is -2.35. The van der Waals surface area contributed by atoms with Crippen molar-refractivity contribution in [2.24, 2.45) is 4.99 Å². The number of para-hydroxylation sites is 1. The summed E-state index contributed by atoms with van der Waals surface area (Å²) in [6, 6.07) is 7.96. The fourth-order valence-corrected chi connectivity index (χ4v) is 3.89. The highest BCUT2D eigenvalue weighted by atomic mass is 32.2. The Kier molecular flexibility index (Phi) is 3.71. The molecule has 0 saturated heterocycles. The monoisotopic (exact) mass is 295 g/mol. The van der Waals surface area contributed by atoms with Crippen molar-refractivity contribution in [2.75, 3.05) is 0 Å². The summed E-state index contributed by atoms with van der Waals surface area (Å²) >= 11 is 3.06. The first-order valence-electron chi connectivity index (χ1n) is 6.02. The van der Waals surface area contributed by atoms with Gasteiger partial charge in [0.1, 0.15) is 4.75 Å². The number of hydrogen-bond donors (Lipinski definition) is 1. The minimum absolute atomic E-state index is 0.203. The topological polar surface area (TPSA) is 49.7 Å². The van der Waals surface area contributed by atoms with E-state index in [9.17, 15) is 9.90 Å². The molecule has 0 atom stereocenters.